The molecule has 0 heterocycles. The largest absolute Gasteiger partial charge is 0.335 e. The molecule has 0 unspecified atom stereocenters. The molecular weight excluding hydrogens is 272 g/mol. The second kappa shape index (κ2) is 3.92. The van der Waals surface area contributed by atoms with E-state index in [4.69, 9.17) is 23.2 Å². The molecule has 1 aromatic carbocycles. The first kappa shape index (κ1) is 12.2. The van der Waals surface area contributed by atoms with Gasteiger partial charge in [-0.3, -0.25) is 10.1 Å². The van der Waals surface area contributed by atoms with Crippen LogP contribution in [-0.4, -0.2) is 13.3 Å². The van der Waals surface area contributed by atoms with Crippen molar-refractivity contribution in [3.8, 4) is 0 Å². The zero-order valence-corrected chi connectivity index (χ0v) is 9.11. The van der Waals surface area contributed by atoms with Gasteiger partial charge >= 0.3 is 10.2 Å². The summed E-state index contributed by atoms with van der Waals surface area (Å²) in [5.74, 6) is 0. The van der Waals surface area contributed by atoms with Crippen molar-refractivity contribution < 1.29 is 17.2 Å². The highest BCUT2D eigenvalue weighted by Crippen LogP contribution is 2.37. The number of nitro benzene ring substituents is 1. The number of rotatable bonds is 2. The Balaban J connectivity index is 3.66. The van der Waals surface area contributed by atoms with Crippen LogP contribution in [0.15, 0.2) is 17.0 Å². The highest BCUT2D eigenvalue weighted by molar-refractivity contribution is 7.86. The van der Waals surface area contributed by atoms with Crippen LogP contribution >= 0.6 is 23.2 Å². The molecule has 82 valence electrons. The van der Waals surface area contributed by atoms with Gasteiger partial charge in [0.25, 0.3) is 5.69 Å². The lowest BCUT2D eigenvalue weighted by Gasteiger charge is -2.02. The second-order valence-corrected chi connectivity index (χ2v) is 4.47. The van der Waals surface area contributed by atoms with Gasteiger partial charge in [-0.25, -0.2) is 0 Å². The fourth-order valence-corrected chi connectivity index (χ4v) is 2.50. The maximum absolute atomic E-state index is 12.7. The van der Waals surface area contributed by atoms with Crippen LogP contribution in [-0.2, 0) is 10.2 Å². The summed E-state index contributed by atoms with van der Waals surface area (Å²) >= 11 is 10.7. The quantitative estimate of drug-likeness (QED) is 0.471. The molecule has 0 amide bonds. The van der Waals surface area contributed by atoms with Gasteiger partial charge in [0.2, 0.25) is 0 Å². The highest BCUT2D eigenvalue weighted by atomic mass is 35.5. The molecule has 1 aromatic rings. The Morgan fingerprint density at radius 1 is 1.33 bits per heavy atom. The minimum absolute atomic E-state index is 0.506. The van der Waals surface area contributed by atoms with E-state index in [0.717, 1.165) is 12.1 Å². The maximum Gasteiger partial charge on any atom is 0.335 e. The van der Waals surface area contributed by atoms with E-state index in [0.29, 0.717) is 0 Å². The average Bonchev–Trinajstić information content (AvgIpc) is 2.00. The smallest absolute Gasteiger partial charge is 0.258 e. The van der Waals surface area contributed by atoms with E-state index in [9.17, 15) is 22.4 Å². The van der Waals surface area contributed by atoms with E-state index in [1.54, 1.807) is 0 Å². The molecule has 0 radical (unpaired) electrons. The molecule has 0 aliphatic heterocycles. The number of hydrogen-bond acceptors (Lipinski definition) is 4. The van der Waals surface area contributed by atoms with Crippen LogP contribution in [0.25, 0.3) is 0 Å². The van der Waals surface area contributed by atoms with Crippen molar-refractivity contribution in [3.63, 3.8) is 0 Å². The van der Waals surface area contributed by atoms with Crippen LogP contribution in [0.4, 0.5) is 9.57 Å². The molecule has 0 saturated carbocycles. The van der Waals surface area contributed by atoms with Gasteiger partial charge in [0.1, 0.15) is 9.92 Å². The van der Waals surface area contributed by atoms with Gasteiger partial charge in [0.05, 0.1) is 9.95 Å². The molecule has 0 N–H and O–H groups in total. The number of hydrogen-bond donors (Lipinski definition) is 0. The maximum atomic E-state index is 12.7. The van der Waals surface area contributed by atoms with E-state index in [1.807, 2.05) is 0 Å². The van der Waals surface area contributed by atoms with E-state index in [2.05, 4.69) is 0 Å². The van der Waals surface area contributed by atoms with Crippen LogP contribution in [0.1, 0.15) is 0 Å². The predicted octanol–water partition coefficient (Wildman–Crippen LogP) is 2.56. The Hall–Kier alpha value is -0.920. The van der Waals surface area contributed by atoms with Crippen LogP contribution < -0.4 is 0 Å². The van der Waals surface area contributed by atoms with Gasteiger partial charge in [-0.2, -0.15) is 8.42 Å². The average molecular weight is 274 g/mol. The Morgan fingerprint density at radius 2 is 1.87 bits per heavy atom. The van der Waals surface area contributed by atoms with Gasteiger partial charge in [-0.1, -0.05) is 23.2 Å². The van der Waals surface area contributed by atoms with Crippen molar-refractivity contribution in [2.24, 2.45) is 0 Å². The van der Waals surface area contributed by atoms with Gasteiger partial charge < -0.3 is 0 Å². The molecule has 0 aliphatic carbocycles. The summed E-state index contributed by atoms with van der Waals surface area (Å²) in [6, 6.07) is 1.78. The van der Waals surface area contributed by atoms with Crippen molar-refractivity contribution in [2.75, 3.05) is 0 Å². The van der Waals surface area contributed by atoms with Crippen LogP contribution in [0.5, 0.6) is 0 Å². The topological polar surface area (TPSA) is 77.3 Å². The highest BCUT2D eigenvalue weighted by Gasteiger charge is 2.27. The molecule has 0 spiro atoms. The third-order valence-electron chi connectivity index (χ3n) is 1.47. The summed E-state index contributed by atoms with van der Waals surface area (Å²) in [6.07, 6.45) is 0. The fraction of sp³-hybridized carbons (Fsp3) is 0. The molecule has 0 bridgehead atoms. The molecule has 1 rings (SSSR count). The minimum Gasteiger partial charge on any atom is -0.258 e. The van der Waals surface area contributed by atoms with Crippen molar-refractivity contribution in [1.82, 2.24) is 0 Å². The Morgan fingerprint density at radius 3 is 2.27 bits per heavy atom. The molecule has 9 heteroatoms. The van der Waals surface area contributed by atoms with E-state index >= 15 is 0 Å². The predicted molar refractivity (Wildman–Crippen MR) is 51.4 cm³/mol. The summed E-state index contributed by atoms with van der Waals surface area (Å²) < 4.78 is 33.8. The lowest BCUT2D eigenvalue weighted by Crippen LogP contribution is -1.98. The third-order valence-corrected chi connectivity index (χ3v) is 3.30. The molecular formula is C6H2Cl2FNO4S. The molecule has 0 aliphatic rings. The fourth-order valence-electron chi connectivity index (χ4n) is 0.887. The first-order valence-electron chi connectivity index (χ1n) is 3.32. The molecule has 0 fully saturated rings. The number of nitro groups is 1. The van der Waals surface area contributed by atoms with E-state index in [1.165, 1.54) is 0 Å². The van der Waals surface area contributed by atoms with Crippen LogP contribution in [0.3, 0.4) is 0 Å². The van der Waals surface area contributed by atoms with Crippen LogP contribution in [0.2, 0.25) is 10.0 Å². The summed E-state index contributed by atoms with van der Waals surface area (Å²) in [5.41, 5.74) is -0.725. The van der Waals surface area contributed by atoms with Crippen molar-refractivity contribution in [3.05, 3.63) is 32.3 Å². The number of nitrogens with zero attached hydrogens (tertiary/aromatic N) is 1. The first-order chi connectivity index (χ1) is 6.75. The Kier molecular flexibility index (Phi) is 3.17. The Labute approximate surface area is 93.8 Å². The van der Waals surface area contributed by atoms with Crippen molar-refractivity contribution in [2.45, 2.75) is 4.90 Å². The van der Waals surface area contributed by atoms with Crippen molar-refractivity contribution >= 4 is 39.1 Å². The number of halogens is 3. The zero-order chi connectivity index (χ0) is 11.8. The van der Waals surface area contributed by atoms with Gasteiger partial charge in [0, 0.05) is 6.07 Å². The SMILES string of the molecule is O=[N+]([O-])c1ccc(Cl)c(S(=O)(=O)F)c1Cl. The lowest BCUT2D eigenvalue weighted by molar-refractivity contribution is -0.384. The normalized spacial score (nSPS) is 11.4. The number of benzene rings is 1. The van der Waals surface area contributed by atoms with Crippen molar-refractivity contribution in [1.29, 1.82) is 0 Å². The third kappa shape index (κ3) is 2.36. The van der Waals surface area contributed by atoms with Crippen LogP contribution in [0, 0.1) is 10.1 Å². The Bertz CT molecular complexity index is 530. The standard InChI is InChI=1S/C6H2Cl2FNO4S/c7-3-1-2-4(10(11)12)5(8)6(3)15(9,13)14/h1-2H. The van der Waals surface area contributed by atoms with Gasteiger partial charge in [-0.15, -0.1) is 3.89 Å². The summed E-state index contributed by atoms with van der Waals surface area (Å²) in [4.78, 5) is 8.35. The monoisotopic (exact) mass is 273 g/mol. The molecule has 15 heavy (non-hydrogen) atoms. The molecule has 0 atom stereocenters. The summed E-state index contributed by atoms with van der Waals surface area (Å²) in [6.45, 7) is 0. The van der Waals surface area contributed by atoms with E-state index in [-0.39, 0.29) is 0 Å². The summed E-state index contributed by atoms with van der Waals surface area (Å²) in [7, 11) is -5.19. The second-order valence-electron chi connectivity index (χ2n) is 2.40. The van der Waals surface area contributed by atoms with Gasteiger partial charge in [0.15, 0.2) is 0 Å². The first-order valence-corrected chi connectivity index (χ1v) is 5.46. The molecule has 0 saturated heterocycles. The lowest BCUT2D eigenvalue weighted by atomic mass is 10.3. The minimum atomic E-state index is -5.19. The zero-order valence-electron chi connectivity index (χ0n) is 6.78. The van der Waals surface area contributed by atoms with E-state index < -0.39 is 35.8 Å². The summed E-state index contributed by atoms with van der Waals surface area (Å²) in [5, 5.41) is 9.03. The molecule has 0 aromatic heterocycles. The van der Waals surface area contributed by atoms with Gasteiger partial charge in [-0.05, 0) is 6.07 Å². The molecule has 5 nitrogen and oxygen atoms in total.